The van der Waals surface area contributed by atoms with Crippen molar-refractivity contribution in [1.29, 1.82) is 0 Å². The number of rotatable bonds is 5. The third kappa shape index (κ3) is 3.56. The molecule has 136 valence electrons. The summed E-state index contributed by atoms with van der Waals surface area (Å²) in [5.74, 6) is -0.386. The van der Waals surface area contributed by atoms with Crippen molar-refractivity contribution in [2.24, 2.45) is 0 Å². The van der Waals surface area contributed by atoms with Crippen LogP contribution in [-0.2, 0) is 6.54 Å². The smallest absolute Gasteiger partial charge is 0.387 e. The van der Waals surface area contributed by atoms with Crippen molar-refractivity contribution in [3.8, 4) is 5.75 Å². The van der Waals surface area contributed by atoms with E-state index in [2.05, 4.69) is 20.1 Å². The number of benzene rings is 1. The van der Waals surface area contributed by atoms with E-state index >= 15 is 0 Å². The minimum atomic E-state index is -2.91. The number of aromatic nitrogens is 3. The first-order valence-electron chi connectivity index (χ1n) is 7.76. The van der Waals surface area contributed by atoms with Gasteiger partial charge in [-0.15, -0.1) is 0 Å². The highest BCUT2D eigenvalue weighted by molar-refractivity contribution is 5.94. The Morgan fingerprint density at radius 3 is 2.65 bits per heavy atom. The molecule has 0 bridgehead atoms. The van der Waals surface area contributed by atoms with Gasteiger partial charge in [-0.1, -0.05) is 0 Å². The van der Waals surface area contributed by atoms with E-state index in [0.29, 0.717) is 16.9 Å². The second kappa shape index (κ2) is 6.95. The van der Waals surface area contributed by atoms with Crippen LogP contribution in [0.1, 0.15) is 27.3 Å². The molecule has 2 N–H and O–H groups in total. The molecule has 7 nitrogen and oxygen atoms in total. The Labute approximate surface area is 146 Å². The summed E-state index contributed by atoms with van der Waals surface area (Å²) in [5, 5.41) is 5.40. The maximum atomic E-state index is 12.3. The highest BCUT2D eigenvalue weighted by Crippen LogP contribution is 2.16. The van der Waals surface area contributed by atoms with E-state index in [-0.39, 0.29) is 23.8 Å². The largest absolute Gasteiger partial charge is 0.435 e. The first-order chi connectivity index (χ1) is 12.3. The number of amides is 1. The number of fused-ring (bicyclic) bond motifs is 1. The summed E-state index contributed by atoms with van der Waals surface area (Å²) < 4.78 is 30.1. The van der Waals surface area contributed by atoms with E-state index in [1.807, 2.05) is 6.92 Å². The van der Waals surface area contributed by atoms with Gasteiger partial charge < -0.3 is 10.1 Å². The first-order valence-corrected chi connectivity index (χ1v) is 7.76. The lowest BCUT2D eigenvalue weighted by molar-refractivity contribution is -0.0498. The number of halogens is 2. The SMILES string of the molecule is Cc1nc2cc(=O)[nH]n2c(C)c1CNC(=O)c1ccc(OC(F)F)cc1. The van der Waals surface area contributed by atoms with Gasteiger partial charge in [0.1, 0.15) is 5.75 Å². The molecule has 2 aromatic heterocycles. The number of nitrogens with one attached hydrogen (secondary N) is 2. The van der Waals surface area contributed by atoms with Gasteiger partial charge in [-0.05, 0) is 38.1 Å². The van der Waals surface area contributed by atoms with Crippen LogP contribution in [0, 0.1) is 13.8 Å². The molecule has 1 aromatic carbocycles. The minimum absolute atomic E-state index is 0.0190. The average molecular weight is 362 g/mol. The van der Waals surface area contributed by atoms with Crippen LogP contribution in [0.3, 0.4) is 0 Å². The van der Waals surface area contributed by atoms with Crippen molar-refractivity contribution in [3.05, 3.63) is 63.2 Å². The molecule has 0 aliphatic heterocycles. The molecule has 3 aromatic rings. The molecule has 0 aliphatic carbocycles. The highest BCUT2D eigenvalue weighted by Gasteiger charge is 2.13. The molecule has 0 atom stereocenters. The number of hydrogen-bond donors (Lipinski definition) is 2. The summed E-state index contributed by atoms with van der Waals surface area (Å²) in [5.41, 5.74) is 2.79. The molecule has 0 unspecified atom stereocenters. The number of aryl methyl sites for hydroxylation is 2. The molecule has 9 heteroatoms. The summed E-state index contributed by atoms with van der Waals surface area (Å²) in [4.78, 5) is 28.1. The van der Waals surface area contributed by atoms with Crippen LogP contribution in [0.15, 0.2) is 35.1 Å². The number of carbonyl (C=O) groups excluding carboxylic acids is 1. The topological polar surface area (TPSA) is 88.5 Å². The summed E-state index contributed by atoms with van der Waals surface area (Å²) in [6.45, 7) is 0.899. The molecule has 0 saturated heterocycles. The summed E-state index contributed by atoms with van der Waals surface area (Å²) in [6.07, 6.45) is 0. The van der Waals surface area contributed by atoms with Gasteiger partial charge in [0, 0.05) is 35.1 Å². The van der Waals surface area contributed by atoms with E-state index < -0.39 is 6.61 Å². The lowest BCUT2D eigenvalue weighted by Gasteiger charge is -2.12. The van der Waals surface area contributed by atoms with Crippen LogP contribution in [0.5, 0.6) is 5.75 Å². The molecule has 26 heavy (non-hydrogen) atoms. The number of nitrogens with zero attached hydrogens (tertiary/aromatic N) is 2. The minimum Gasteiger partial charge on any atom is -0.435 e. The predicted octanol–water partition coefficient (Wildman–Crippen LogP) is 2.17. The summed E-state index contributed by atoms with van der Waals surface area (Å²) in [6, 6.07) is 6.80. The number of aromatic amines is 1. The van der Waals surface area contributed by atoms with Crippen LogP contribution in [0.4, 0.5) is 8.78 Å². The van der Waals surface area contributed by atoms with E-state index in [1.165, 1.54) is 30.3 Å². The first kappa shape index (κ1) is 17.6. The highest BCUT2D eigenvalue weighted by atomic mass is 19.3. The number of H-pyrrole nitrogens is 1. The Hall–Kier alpha value is -3.23. The molecule has 1 amide bonds. The lowest BCUT2D eigenvalue weighted by atomic mass is 10.1. The van der Waals surface area contributed by atoms with Crippen molar-refractivity contribution < 1.29 is 18.3 Å². The van der Waals surface area contributed by atoms with Crippen LogP contribution >= 0.6 is 0 Å². The standard InChI is InChI=1S/C17H16F2N4O3/c1-9-13(10(2)23-14(21-9)7-15(24)22-23)8-20-16(25)11-3-5-12(6-4-11)26-17(18)19/h3-7,17H,8H2,1-2H3,(H,20,25)(H,22,24). The molecule has 0 radical (unpaired) electrons. The fourth-order valence-electron chi connectivity index (χ4n) is 2.67. The van der Waals surface area contributed by atoms with Crippen LogP contribution < -0.4 is 15.6 Å². The molecule has 0 spiro atoms. The Balaban J connectivity index is 1.75. The Morgan fingerprint density at radius 1 is 1.31 bits per heavy atom. The van der Waals surface area contributed by atoms with Gasteiger partial charge in [0.25, 0.3) is 11.5 Å². The van der Waals surface area contributed by atoms with E-state index in [0.717, 1.165) is 11.3 Å². The third-order valence-electron chi connectivity index (χ3n) is 3.97. The van der Waals surface area contributed by atoms with Crippen molar-refractivity contribution in [3.63, 3.8) is 0 Å². The molecule has 0 fully saturated rings. The lowest BCUT2D eigenvalue weighted by Crippen LogP contribution is -2.24. The summed E-state index contributed by atoms with van der Waals surface area (Å²) in [7, 11) is 0. The van der Waals surface area contributed by atoms with Gasteiger partial charge in [-0.3, -0.25) is 14.7 Å². The Morgan fingerprint density at radius 2 is 2.00 bits per heavy atom. The van der Waals surface area contributed by atoms with Gasteiger partial charge in [0.15, 0.2) is 5.65 Å². The molecule has 3 rings (SSSR count). The van der Waals surface area contributed by atoms with E-state index in [9.17, 15) is 18.4 Å². The molecular formula is C17H16F2N4O3. The van der Waals surface area contributed by atoms with Gasteiger partial charge >= 0.3 is 6.61 Å². The quantitative estimate of drug-likeness (QED) is 0.728. The zero-order valence-electron chi connectivity index (χ0n) is 14.0. The second-order valence-electron chi connectivity index (χ2n) is 5.66. The van der Waals surface area contributed by atoms with Crippen molar-refractivity contribution in [2.75, 3.05) is 0 Å². The monoisotopic (exact) mass is 362 g/mol. The molecule has 0 saturated carbocycles. The van der Waals surface area contributed by atoms with Gasteiger partial charge in [-0.25, -0.2) is 9.50 Å². The van der Waals surface area contributed by atoms with Crippen LogP contribution in [0.2, 0.25) is 0 Å². The zero-order valence-corrected chi connectivity index (χ0v) is 14.0. The second-order valence-corrected chi connectivity index (χ2v) is 5.66. The zero-order chi connectivity index (χ0) is 18.8. The van der Waals surface area contributed by atoms with Gasteiger partial charge in [-0.2, -0.15) is 8.78 Å². The van der Waals surface area contributed by atoms with Crippen molar-refractivity contribution in [1.82, 2.24) is 19.9 Å². The van der Waals surface area contributed by atoms with Crippen LogP contribution in [0.25, 0.3) is 5.65 Å². The predicted molar refractivity (Wildman–Crippen MR) is 89.5 cm³/mol. The molecular weight excluding hydrogens is 346 g/mol. The number of hydrogen-bond acceptors (Lipinski definition) is 4. The Kier molecular flexibility index (Phi) is 4.70. The average Bonchev–Trinajstić information content (AvgIpc) is 2.95. The van der Waals surface area contributed by atoms with Crippen molar-refractivity contribution in [2.45, 2.75) is 27.0 Å². The Bertz CT molecular complexity index is 1010. The normalized spacial score (nSPS) is 11.1. The maximum absolute atomic E-state index is 12.3. The van der Waals surface area contributed by atoms with E-state index in [4.69, 9.17) is 0 Å². The number of ether oxygens (including phenoxy) is 1. The fourth-order valence-corrected chi connectivity index (χ4v) is 2.67. The fraction of sp³-hybridized carbons (Fsp3) is 0.235. The molecule has 2 heterocycles. The number of carbonyl (C=O) groups is 1. The third-order valence-corrected chi connectivity index (χ3v) is 3.97. The van der Waals surface area contributed by atoms with Crippen molar-refractivity contribution >= 4 is 11.6 Å². The maximum Gasteiger partial charge on any atom is 0.387 e. The molecule has 0 aliphatic rings. The van der Waals surface area contributed by atoms with Gasteiger partial charge in [0.05, 0.1) is 0 Å². The van der Waals surface area contributed by atoms with Gasteiger partial charge in [0.2, 0.25) is 0 Å². The number of alkyl halides is 2. The summed E-state index contributed by atoms with van der Waals surface area (Å²) >= 11 is 0. The van der Waals surface area contributed by atoms with Crippen LogP contribution in [-0.4, -0.2) is 27.1 Å². The van der Waals surface area contributed by atoms with E-state index in [1.54, 1.807) is 11.4 Å².